The fourth-order valence-corrected chi connectivity index (χ4v) is 4.57. The Balaban J connectivity index is 1.50. The summed E-state index contributed by atoms with van der Waals surface area (Å²) in [5.41, 5.74) is 6.25. The lowest BCUT2D eigenvalue weighted by Gasteiger charge is -2.32. The number of rotatable bonds is 6. The van der Waals surface area contributed by atoms with Crippen LogP contribution in [-0.2, 0) is 11.3 Å². The van der Waals surface area contributed by atoms with Crippen LogP contribution >= 0.6 is 0 Å². The second-order valence-corrected chi connectivity index (χ2v) is 9.31. The van der Waals surface area contributed by atoms with E-state index in [0.717, 1.165) is 71.1 Å². The summed E-state index contributed by atoms with van der Waals surface area (Å²) in [5, 5.41) is 12.9. The molecule has 1 aliphatic heterocycles. The molecule has 3 aromatic carbocycles. The van der Waals surface area contributed by atoms with E-state index in [2.05, 4.69) is 72.8 Å². The third kappa shape index (κ3) is 5.00. The van der Waals surface area contributed by atoms with Crippen molar-refractivity contribution in [2.75, 3.05) is 43.9 Å². The van der Waals surface area contributed by atoms with Gasteiger partial charge in [-0.1, -0.05) is 36.4 Å². The monoisotopic (exact) mass is 468 g/mol. The molecule has 0 unspecified atom stereocenters. The van der Waals surface area contributed by atoms with Gasteiger partial charge >= 0.3 is 0 Å². The molecule has 1 saturated heterocycles. The topological polar surface area (TPSA) is 65.4 Å². The third-order valence-corrected chi connectivity index (χ3v) is 6.68. The minimum Gasteiger partial charge on any atom is -0.355 e. The van der Waals surface area contributed by atoms with Gasteiger partial charge < -0.3 is 20.4 Å². The Bertz CT molecular complexity index is 1320. The number of para-hydroxylation sites is 2. The van der Waals surface area contributed by atoms with E-state index in [9.17, 15) is 4.79 Å². The van der Waals surface area contributed by atoms with E-state index in [1.165, 1.54) is 0 Å². The van der Waals surface area contributed by atoms with Crippen LogP contribution in [0.25, 0.3) is 10.9 Å². The summed E-state index contributed by atoms with van der Waals surface area (Å²) < 4.78 is 1.84. The van der Waals surface area contributed by atoms with Crippen molar-refractivity contribution in [1.29, 1.82) is 0 Å². The van der Waals surface area contributed by atoms with Crippen molar-refractivity contribution in [2.45, 2.75) is 20.4 Å². The molecule has 0 bridgehead atoms. The van der Waals surface area contributed by atoms with Gasteiger partial charge in [-0.15, -0.1) is 0 Å². The summed E-state index contributed by atoms with van der Waals surface area (Å²) in [6.07, 6.45) is 0. The Hall–Kier alpha value is -3.84. The summed E-state index contributed by atoms with van der Waals surface area (Å²) in [6.45, 7) is 7.70. The highest BCUT2D eigenvalue weighted by atomic mass is 16.2. The van der Waals surface area contributed by atoms with Crippen LogP contribution in [0.3, 0.4) is 0 Å². The number of amides is 1. The molecule has 0 radical (unpaired) electrons. The van der Waals surface area contributed by atoms with E-state index in [0.29, 0.717) is 0 Å². The van der Waals surface area contributed by atoms with E-state index in [4.69, 9.17) is 5.10 Å². The van der Waals surface area contributed by atoms with Crippen LogP contribution in [0, 0.1) is 13.8 Å². The van der Waals surface area contributed by atoms with E-state index in [-0.39, 0.29) is 12.5 Å². The number of aryl methyl sites for hydroxylation is 2. The molecule has 2 heterocycles. The van der Waals surface area contributed by atoms with Gasteiger partial charge in [0, 0.05) is 48.6 Å². The van der Waals surface area contributed by atoms with E-state index in [1.807, 2.05) is 39.9 Å². The molecule has 1 amide bonds. The maximum atomic E-state index is 13.2. The summed E-state index contributed by atoms with van der Waals surface area (Å²) in [4.78, 5) is 17.4. The lowest BCUT2D eigenvalue weighted by molar-refractivity contribution is -0.133. The van der Waals surface area contributed by atoms with Crippen LogP contribution in [0.1, 0.15) is 11.1 Å². The second kappa shape index (κ2) is 9.80. The number of carbonyl (C=O) groups excluding carboxylic acids is 1. The molecule has 1 aliphatic rings. The zero-order valence-electron chi connectivity index (χ0n) is 20.6. The number of aromatic nitrogens is 2. The standard InChI is InChI=1S/C28H32N6O/c1-20-8-7-9-21(2)27(20)30-28-24-13-12-23(29-22-10-5-4-6-11-22)18-25(24)34(31-28)19-26(35)33-16-14-32(3)15-17-33/h4-13,18,29H,14-17,19H2,1-3H3,(H,30,31). The zero-order chi connectivity index (χ0) is 24.4. The van der Waals surface area contributed by atoms with Gasteiger partial charge in [-0.2, -0.15) is 5.10 Å². The second-order valence-electron chi connectivity index (χ2n) is 9.31. The minimum atomic E-state index is 0.0996. The highest BCUT2D eigenvalue weighted by Crippen LogP contribution is 2.31. The predicted octanol–water partition coefficient (Wildman–Crippen LogP) is 4.91. The zero-order valence-corrected chi connectivity index (χ0v) is 20.6. The molecular formula is C28H32N6O. The number of fused-ring (bicyclic) bond motifs is 1. The molecule has 2 N–H and O–H groups in total. The smallest absolute Gasteiger partial charge is 0.244 e. The number of benzene rings is 3. The lowest BCUT2D eigenvalue weighted by atomic mass is 10.1. The van der Waals surface area contributed by atoms with Crippen molar-refractivity contribution >= 4 is 39.7 Å². The van der Waals surface area contributed by atoms with Crippen LogP contribution in [0.5, 0.6) is 0 Å². The van der Waals surface area contributed by atoms with Crippen molar-refractivity contribution in [3.63, 3.8) is 0 Å². The maximum absolute atomic E-state index is 13.2. The van der Waals surface area contributed by atoms with Crippen LogP contribution in [0.15, 0.2) is 66.7 Å². The molecule has 0 spiro atoms. The Morgan fingerprint density at radius 3 is 2.29 bits per heavy atom. The summed E-state index contributed by atoms with van der Waals surface area (Å²) in [6, 6.07) is 22.5. The molecule has 1 fully saturated rings. The largest absolute Gasteiger partial charge is 0.355 e. The highest BCUT2D eigenvalue weighted by Gasteiger charge is 2.21. The molecule has 1 aromatic heterocycles. The van der Waals surface area contributed by atoms with Gasteiger partial charge in [0.25, 0.3) is 0 Å². The molecule has 180 valence electrons. The molecule has 7 heteroatoms. The van der Waals surface area contributed by atoms with Gasteiger partial charge in [-0.25, -0.2) is 0 Å². The van der Waals surface area contributed by atoms with Crippen LogP contribution in [0.4, 0.5) is 22.9 Å². The average Bonchev–Trinajstić information content (AvgIpc) is 3.19. The van der Waals surface area contributed by atoms with Crippen molar-refractivity contribution < 1.29 is 4.79 Å². The Labute approximate surface area is 206 Å². The first kappa shape index (κ1) is 22.9. The van der Waals surface area contributed by atoms with E-state index >= 15 is 0 Å². The molecule has 4 aromatic rings. The molecule has 0 atom stereocenters. The number of carbonyl (C=O) groups is 1. The lowest BCUT2D eigenvalue weighted by Crippen LogP contribution is -2.48. The van der Waals surface area contributed by atoms with Crippen LogP contribution < -0.4 is 10.6 Å². The number of piperazine rings is 1. The van der Waals surface area contributed by atoms with Crippen molar-refractivity contribution in [3.8, 4) is 0 Å². The van der Waals surface area contributed by atoms with E-state index < -0.39 is 0 Å². The maximum Gasteiger partial charge on any atom is 0.244 e. The minimum absolute atomic E-state index is 0.0996. The van der Waals surface area contributed by atoms with Crippen molar-refractivity contribution in [3.05, 3.63) is 77.9 Å². The number of anilines is 4. The number of nitrogens with one attached hydrogen (secondary N) is 2. The van der Waals surface area contributed by atoms with Gasteiger partial charge in [0.2, 0.25) is 5.91 Å². The molecular weight excluding hydrogens is 436 g/mol. The fraction of sp³-hybridized carbons (Fsp3) is 0.286. The molecule has 35 heavy (non-hydrogen) atoms. The van der Waals surface area contributed by atoms with Gasteiger partial charge in [-0.05, 0) is 62.4 Å². The molecule has 5 rings (SSSR count). The van der Waals surface area contributed by atoms with Crippen LogP contribution in [-0.4, -0.2) is 58.7 Å². The third-order valence-electron chi connectivity index (χ3n) is 6.68. The molecule has 7 nitrogen and oxygen atoms in total. The predicted molar refractivity (Wildman–Crippen MR) is 143 cm³/mol. The Morgan fingerprint density at radius 2 is 1.57 bits per heavy atom. The van der Waals surface area contributed by atoms with E-state index in [1.54, 1.807) is 0 Å². The average molecular weight is 469 g/mol. The normalized spacial score (nSPS) is 14.3. The molecule has 0 aliphatic carbocycles. The van der Waals surface area contributed by atoms with Gasteiger partial charge in [-0.3, -0.25) is 9.48 Å². The quantitative estimate of drug-likeness (QED) is 0.421. The fourth-order valence-electron chi connectivity index (χ4n) is 4.57. The first-order valence-corrected chi connectivity index (χ1v) is 12.1. The highest BCUT2D eigenvalue weighted by molar-refractivity contribution is 5.95. The molecule has 0 saturated carbocycles. The van der Waals surface area contributed by atoms with Gasteiger partial charge in [0.1, 0.15) is 6.54 Å². The number of likely N-dealkylation sites (N-methyl/N-ethyl adjacent to an activating group) is 1. The summed E-state index contributed by atoms with van der Waals surface area (Å²) in [5.74, 6) is 0.859. The van der Waals surface area contributed by atoms with Gasteiger partial charge in [0.05, 0.1) is 5.52 Å². The summed E-state index contributed by atoms with van der Waals surface area (Å²) >= 11 is 0. The number of nitrogens with zero attached hydrogens (tertiary/aromatic N) is 4. The first-order chi connectivity index (χ1) is 17.0. The van der Waals surface area contributed by atoms with Gasteiger partial charge in [0.15, 0.2) is 5.82 Å². The van der Waals surface area contributed by atoms with Crippen LogP contribution in [0.2, 0.25) is 0 Å². The first-order valence-electron chi connectivity index (χ1n) is 12.1. The van der Waals surface area contributed by atoms with Crippen molar-refractivity contribution in [1.82, 2.24) is 19.6 Å². The number of hydrogen-bond acceptors (Lipinski definition) is 5. The Morgan fingerprint density at radius 1 is 0.857 bits per heavy atom. The summed E-state index contributed by atoms with van der Waals surface area (Å²) in [7, 11) is 2.09. The number of hydrogen-bond donors (Lipinski definition) is 2. The van der Waals surface area contributed by atoms with Crippen molar-refractivity contribution in [2.24, 2.45) is 0 Å². The Kier molecular flexibility index (Phi) is 6.42. The SMILES string of the molecule is Cc1cccc(C)c1Nc1nn(CC(=O)N2CCN(C)CC2)c2cc(Nc3ccccc3)ccc12.